The van der Waals surface area contributed by atoms with E-state index in [4.69, 9.17) is 4.74 Å². The number of carboxylic acids is 1. The van der Waals surface area contributed by atoms with E-state index in [2.05, 4.69) is 10.3 Å². The molecule has 0 aliphatic rings. The second-order valence-electron chi connectivity index (χ2n) is 7.73. The Morgan fingerprint density at radius 1 is 1.17 bits per heavy atom. The van der Waals surface area contributed by atoms with Crippen LogP contribution in [0.1, 0.15) is 37.6 Å². The van der Waals surface area contributed by atoms with E-state index >= 15 is 0 Å². The Balaban J connectivity index is 2.23. The van der Waals surface area contributed by atoms with Gasteiger partial charge in [0, 0.05) is 17.7 Å². The molecule has 1 atom stereocenters. The predicted octanol–water partition coefficient (Wildman–Crippen LogP) is 1.66. The van der Waals surface area contributed by atoms with E-state index < -0.39 is 35.0 Å². The van der Waals surface area contributed by atoms with Crippen LogP contribution in [0.5, 0.6) is 0 Å². The van der Waals surface area contributed by atoms with Crippen molar-refractivity contribution in [1.82, 2.24) is 14.9 Å². The second-order valence-corrected chi connectivity index (χ2v) is 7.73. The SMILES string of the molecule is Cc1[nH]c(=O)n(-c2ccc(CC(NC(=O)OC(C)(C)C)C(=O)O)cc2)c(=O)c1C. The number of hydrogen-bond donors (Lipinski definition) is 3. The van der Waals surface area contributed by atoms with Crippen molar-refractivity contribution in [3.63, 3.8) is 0 Å². The molecular weight excluding hydrogens is 378 g/mol. The maximum absolute atomic E-state index is 12.4. The van der Waals surface area contributed by atoms with Gasteiger partial charge < -0.3 is 20.1 Å². The summed E-state index contributed by atoms with van der Waals surface area (Å²) < 4.78 is 6.10. The van der Waals surface area contributed by atoms with E-state index in [9.17, 15) is 24.3 Å². The highest BCUT2D eigenvalue weighted by Crippen LogP contribution is 2.11. The zero-order valence-corrected chi connectivity index (χ0v) is 17.0. The van der Waals surface area contributed by atoms with Crippen molar-refractivity contribution in [1.29, 1.82) is 0 Å². The summed E-state index contributed by atoms with van der Waals surface area (Å²) in [5.41, 5.74) is 0.170. The second kappa shape index (κ2) is 8.34. The summed E-state index contributed by atoms with van der Waals surface area (Å²) in [4.78, 5) is 50.5. The number of benzene rings is 1. The summed E-state index contributed by atoms with van der Waals surface area (Å²) in [6.45, 7) is 8.31. The Hall–Kier alpha value is -3.36. The first-order valence-electron chi connectivity index (χ1n) is 9.03. The standard InChI is InChI=1S/C20H25N3O6/c1-11-12(2)21-18(27)23(16(11)24)14-8-6-13(7-9-14)10-15(17(25)26)22-19(28)29-20(3,4)5/h6-9,15H,10H2,1-5H3,(H,21,27)(H,22,28)(H,25,26). The highest BCUT2D eigenvalue weighted by molar-refractivity contribution is 5.80. The number of carbonyl (C=O) groups is 2. The molecule has 29 heavy (non-hydrogen) atoms. The summed E-state index contributed by atoms with van der Waals surface area (Å²) >= 11 is 0. The number of rotatable bonds is 5. The van der Waals surface area contributed by atoms with Crippen molar-refractivity contribution in [2.24, 2.45) is 0 Å². The van der Waals surface area contributed by atoms with Crippen LogP contribution < -0.4 is 16.6 Å². The molecule has 1 unspecified atom stereocenters. The molecule has 9 heteroatoms. The Labute approximate surface area is 167 Å². The molecule has 3 N–H and O–H groups in total. The van der Waals surface area contributed by atoms with E-state index in [0.29, 0.717) is 22.5 Å². The molecule has 1 aromatic heterocycles. The topological polar surface area (TPSA) is 130 Å². The van der Waals surface area contributed by atoms with Gasteiger partial charge in [-0.25, -0.2) is 19.0 Å². The molecule has 1 amide bonds. The highest BCUT2D eigenvalue weighted by atomic mass is 16.6. The van der Waals surface area contributed by atoms with Gasteiger partial charge in [-0.05, 0) is 52.3 Å². The van der Waals surface area contributed by atoms with Gasteiger partial charge in [-0.2, -0.15) is 0 Å². The first kappa shape index (κ1) is 21.9. The molecular formula is C20H25N3O6. The molecule has 9 nitrogen and oxygen atoms in total. The van der Waals surface area contributed by atoms with E-state index in [1.165, 1.54) is 0 Å². The van der Waals surface area contributed by atoms with Crippen molar-refractivity contribution < 1.29 is 19.4 Å². The van der Waals surface area contributed by atoms with Crippen LogP contribution in [0.25, 0.3) is 5.69 Å². The first-order valence-corrected chi connectivity index (χ1v) is 9.03. The molecule has 0 saturated heterocycles. The Morgan fingerprint density at radius 2 is 1.76 bits per heavy atom. The predicted molar refractivity (Wildman–Crippen MR) is 107 cm³/mol. The van der Waals surface area contributed by atoms with Gasteiger partial charge in [0.15, 0.2) is 0 Å². The molecule has 156 valence electrons. The lowest BCUT2D eigenvalue weighted by atomic mass is 10.1. The normalized spacial score (nSPS) is 12.3. The largest absolute Gasteiger partial charge is 0.480 e. The van der Waals surface area contributed by atoms with E-state index in [1.54, 1.807) is 58.9 Å². The van der Waals surface area contributed by atoms with Crippen molar-refractivity contribution >= 4 is 12.1 Å². The quantitative estimate of drug-likeness (QED) is 0.696. The molecule has 2 rings (SSSR count). The minimum Gasteiger partial charge on any atom is -0.480 e. The summed E-state index contributed by atoms with van der Waals surface area (Å²) in [7, 11) is 0. The van der Waals surface area contributed by atoms with Gasteiger partial charge in [0.2, 0.25) is 0 Å². The number of aliphatic carboxylic acids is 1. The van der Waals surface area contributed by atoms with Crippen molar-refractivity contribution in [2.45, 2.75) is 52.7 Å². The average Bonchev–Trinajstić information content (AvgIpc) is 2.59. The Kier molecular flexibility index (Phi) is 6.31. The number of nitrogens with zero attached hydrogens (tertiary/aromatic N) is 1. The zero-order chi connectivity index (χ0) is 21.9. The summed E-state index contributed by atoms with van der Waals surface area (Å²) in [5, 5.41) is 11.7. The van der Waals surface area contributed by atoms with E-state index in [1.807, 2.05) is 0 Å². The lowest BCUT2D eigenvalue weighted by Gasteiger charge is -2.22. The number of amides is 1. The number of ether oxygens (including phenoxy) is 1. The van der Waals surface area contributed by atoms with Crippen LogP contribution in [0.2, 0.25) is 0 Å². The van der Waals surface area contributed by atoms with Crippen LogP contribution in [0.3, 0.4) is 0 Å². The van der Waals surface area contributed by atoms with Crippen LogP contribution in [0, 0.1) is 13.8 Å². The Bertz CT molecular complexity index is 1030. The number of carbonyl (C=O) groups excluding carboxylic acids is 1. The first-order chi connectivity index (χ1) is 13.4. The van der Waals surface area contributed by atoms with Crippen LogP contribution in [0.4, 0.5) is 4.79 Å². The molecule has 2 aromatic rings. The minimum atomic E-state index is -1.21. The lowest BCUT2D eigenvalue weighted by Crippen LogP contribution is -2.44. The number of alkyl carbamates (subject to hydrolysis) is 1. The molecule has 0 radical (unpaired) electrons. The summed E-state index contributed by atoms with van der Waals surface area (Å²) in [6, 6.07) is 5.11. The van der Waals surface area contributed by atoms with E-state index in [0.717, 1.165) is 4.57 Å². The monoisotopic (exact) mass is 403 g/mol. The number of aromatic nitrogens is 2. The summed E-state index contributed by atoms with van der Waals surface area (Å²) in [5.74, 6) is -1.21. The number of H-pyrrole nitrogens is 1. The van der Waals surface area contributed by atoms with Gasteiger partial charge >= 0.3 is 17.8 Å². The fourth-order valence-corrected chi connectivity index (χ4v) is 2.63. The molecule has 0 spiro atoms. The lowest BCUT2D eigenvalue weighted by molar-refractivity contribution is -0.139. The third kappa shape index (κ3) is 5.56. The fourth-order valence-electron chi connectivity index (χ4n) is 2.63. The minimum absolute atomic E-state index is 0.00698. The molecule has 1 aromatic carbocycles. The van der Waals surface area contributed by atoms with E-state index in [-0.39, 0.29) is 6.42 Å². The maximum atomic E-state index is 12.4. The summed E-state index contributed by atoms with van der Waals surface area (Å²) in [6.07, 6.45) is -0.817. The number of aromatic amines is 1. The molecule has 1 heterocycles. The third-order valence-electron chi connectivity index (χ3n) is 4.21. The van der Waals surface area contributed by atoms with Crippen LogP contribution >= 0.6 is 0 Å². The van der Waals surface area contributed by atoms with Crippen LogP contribution in [-0.4, -0.2) is 38.4 Å². The van der Waals surface area contributed by atoms with Crippen molar-refractivity contribution in [3.05, 3.63) is 61.9 Å². The number of nitrogens with one attached hydrogen (secondary N) is 2. The van der Waals surface area contributed by atoms with Gasteiger partial charge in [-0.1, -0.05) is 12.1 Å². The van der Waals surface area contributed by atoms with Gasteiger partial charge in [-0.15, -0.1) is 0 Å². The van der Waals surface area contributed by atoms with Gasteiger partial charge in [0.1, 0.15) is 11.6 Å². The van der Waals surface area contributed by atoms with Crippen LogP contribution in [-0.2, 0) is 16.0 Å². The average molecular weight is 403 g/mol. The third-order valence-corrected chi connectivity index (χ3v) is 4.21. The smallest absolute Gasteiger partial charge is 0.408 e. The van der Waals surface area contributed by atoms with Crippen molar-refractivity contribution in [2.75, 3.05) is 0 Å². The fraction of sp³-hybridized carbons (Fsp3) is 0.400. The van der Waals surface area contributed by atoms with Crippen molar-refractivity contribution in [3.8, 4) is 5.69 Å². The molecule has 0 saturated carbocycles. The molecule has 0 aliphatic heterocycles. The van der Waals surface area contributed by atoms with Gasteiger partial charge in [0.25, 0.3) is 5.56 Å². The highest BCUT2D eigenvalue weighted by Gasteiger charge is 2.24. The maximum Gasteiger partial charge on any atom is 0.408 e. The molecule has 0 bridgehead atoms. The Morgan fingerprint density at radius 3 is 2.28 bits per heavy atom. The number of aryl methyl sites for hydroxylation is 1. The molecule has 0 fully saturated rings. The van der Waals surface area contributed by atoms with Gasteiger partial charge in [0.05, 0.1) is 5.69 Å². The molecule has 0 aliphatic carbocycles. The van der Waals surface area contributed by atoms with Crippen LogP contribution in [0.15, 0.2) is 33.9 Å². The number of hydrogen-bond acceptors (Lipinski definition) is 5. The van der Waals surface area contributed by atoms with Gasteiger partial charge in [-0.3, -0.25) is 4.79 Å². The number of carboxylic acid groups (broad SMARTS) is 1. The zero-order valence-electron chi connectivity index (χ0n) is 17.0.